The summed E-state index contributed by atoms with van der Waals surface area (Å²) in [5.74, 6) is 0.486. The Morgan fingerprint density at radius 2 is 1.70 bits per heavy atom. The lowest BCUT2D eigenvalue weighted by atomic mass is 9.89. The van der Waals surface area contributed by atoms with E-state index in [1.165, 1.54) is 10.2 Å². The van der Waals surface area contributed by atoms with Gasteiger partial charge in [0.05, 0.1) is 5.39 Å². The van der Waals surface area contributed by atoms with Crippen LogP contribution in [0, 0.1) is 11.8 Å². The van der Waals surface area contributed by atoms with E-state index in [4.69, 9.17) is 0 Å². The van der Waals surface area contributed by atoms with Gasteiger partial charge in [-0.15, -0.1) is 5.10 Å². The molecule has 2 heterocycles. The average Bonchev–Trinajstić information content (AvgIpc) is 2.76. The predicted molar refractivity (Wildman–Crippen MR) is 117 cm³/mol. The van der Waals surface area contributed by atoms with Gasteiger partial charge in [-0.1, -0.05) is 61.5 Å². The highest BCUT2D eigenvalue weighted by Crippen LogP contribution is 2.25. The molecule has 0 unspecified atom stereocenters. The van der Waals surface area contributed by atoms with Crippen LogP contribution in [-0.4, -0.2) is 38.9 Å². The van der Waals surface area contributed by atoms with Crippen molar-refractivity contribution in [2.75, 3.05) is 13.1 Å². The van der Waals surface area contributed by atoms with Gasteiger partial charge in [-0.25, -0.2) is 0 Å². The number of rotatable bonds is 5. The van der Waals surface area contributed by atoms with Gasteiger partial charge >= 0.3 is 0 Å². The van der Waals surface area contributed by atoms with Gasteiger partial charge in [0, 0.05) is 13.1 Å². The minimum absolute atomic E-state index is 0.0326. The first-order valence-electron chi connectivity index (χ1n) is 10.7. The molecule has 4 rings (SSSR count). The molecule has 30 heavy (non-hydrogen) atoms. The molecule has 1 atom stereocenters. The molecule has 0 N–H and O–H groups in total. The van der Waals surface area contributed by atoms with Crippen LogP contribution in [0.15, 0.2) is 59.4 Å². The van der Waals surface area contributed by atoms with Gasteiger partial charge < -0.3 is 4.90 Å². The summed E-state index contributed by atoms with van der Waals surface area (Å²) >= 11 is 0. The third kappa shape index (κ3) is 4.13. The number of carbonyl (C=O) groups is 1. The van der Waals surface area contributed by atoms with Gasteiger partial charge in [-0.2, -0.15) is 4.68 Å². The van der Waals surface area contributed by atoms with Gasteiger partial charge in [-0.05, 0) is 48.8 Å². The van der Waals surface area contributed by atoms with Crippen molar-refractivity contribution in [3.63, 3.8) is 0 Å². The molecule has 1 saturated heterocycles. The number of hydrogen-bond donors (Lipinski definition) is 0. The van der Waals surface area contributed by atoms with Crippen LogP contribution in [0.1, 0.15) is 38.3 Å². The smallest absolute Gasteiger partial charge is 0.278 e. The zero-order valence-electron chi connectivity index (χ0n) is 17.6. The molecule has 156 valence electrons. The van der Waals surface area contributed by atoms with Crippen LogP contribution in [0.5, 0.6) is 0 Å². The first kappa shape index (κ1) is 20.3. The standard InChI is InChI=1S/C24H28N4O2/c1-17(2)22(28-23(29)20-10-6-7-11-21(20)25-26-28)24(30)27-14-12-19(13-15-27)16-18-8-4-3-5-9-18/h3-11,17,19,22H,12-16H2,1-2H3/t22-/m0/s1. The maximum atomic E-state index is 13.4. The summed E-state index contributed by atoms with van der Waals surface area (Å²) < 4.78 is 1.28. The fourth-order valence-corrected chi connectivity index (χ4v) is 4.35. The van der Waals surface area contributed by atoms with Crippen LogP contribution in [0.2, 0.25) is 0 Å². The zero-order valence-corrected chi connectivity index (χ0v) is 17.6. The number of likely N-dealkylation sites (tertiary alicyclic amines) is 1. The number of carbonyl (C=O) groups excluding carboxylic acids is 1. The van der Waals surface area contributed by atoms with E-state index < -0.39 is 6.04 Å². The molecule has 6 heteroatoms. The molecule has 0 radical (unpaired) electrons. The van der Waals surface area contributed by atoms with E-state index >= 15 is 0 Å². The molecule has 0 saturated carbocycles. The normalized spacial score (nSPS) is 16.2. The average molecular weight is 405 g/mol. The molecule has 1 aliphatic rings. The number of aromatic nitrogens is 3. The van der Waals surface area contributed by atoms with Crippen LogP contribution in [0.3, 0.4) is 0 Å². The maximum Gasteiger partial charge on any atom is 0.278 e. The predicted octanol–water partition coefficient (Wildman–Crippen LogP) is 3.47. The molecule has 6 nitrogen and oxygen atoms in total. The minimum Gasteiger partial charge on any atom is -0.341 e. The lowest BCUT2D eigenvalue weighted by Gasteiger charge is -2.35. The molecule has 1 aromatic heterocycles. The number of nitrogens with zero attached hydrogens (tertiary/aromatic N) is 4. The van der Waals surface area contributed by atoms with E-state index in [1.54, 1.807) is 18.2 Å². The zero-order chi connectivity index (χ0) is 21.1. The Bertz CT molecular complexity index is 1070. The van der Waals surface area contributed by atoms with E-state index in [2.05, 4.69) is 34.6 Å². The summed E-state index contributed by atoms with van der Waals surface area (Å²) in [6.45, 7) is 5.34. The third-order valence-electron chi connectivity index (χ3n) is 6.03. The second-order valence-electron chi connectivity index (χ2n) is 8.50. The highest BCUT2D eigenvalue weighted by Gasteiger charge is 2.33. The fraction of sp³-hybridized carbons (Fsp3) is 0.417. The van der Waals surface area contributed by atoms with Gasteiger partial charge in [0.25, 0.3) is 5.56 Å². The Morgan fingerprint density at radius 3 is 2.40 bits per heavy atom. The largest absolute Gasteiger partial charge is 0.341 e. The van der Waals surface area contributed by atoms with Crippen LogP contribution in [-0.2, 0) is 11.2 Å². The fourth-order valence-electron chi connectivity index (χ4n) is 4.35. The van der Waals surface area contributed by atoms with Crippen molar-refractivity contribution in [1.82, 2.24) is 19.9 Å². The molecule has 0 spiro atoms. The maximum absolute atomic E-state index is 13.4. The third-order valence-corrected chi connectivity index (χ3v) is 6.03. The highest BCUT2D eigenvalue weighted by molar-refractivity contribution is 5.81. The number of amides is 1. The van der Waals surface area contributed by atoms with Gasteiger partial charge in [0.2, 0.25) is 5.91 Å². The Labute approximate surface area is 176 Å². The SMILES string of the molecule is CC(C)[C@@H](C(=O)N1CCC(Cc2ccccc2)CC1)n1nnc2ccccc2c1=O. The van der Waals surface area contributed by atoms with Crippen LogP contribution in [0.25, 0.3) is 10.9 Å². The molecule has 1 amide bonds. The summed E-state index contributed by atoms with van der Waals surface area (Å²) in [6, 6.07) is 17.0. The van der Waals surface area contributed by atoms with Crippen molar-refractivity contribution in [2.24, 2.45) is 11.8 Å². The lowest BCUT2D eigenvalue weighted by Crippen LogP contribution is -2.46. The van der Waals surface area contributed by atoms with Crippen molar-refractivity contribution in [3.05, 3.63) is 70.5 Å². The van der Waals surface area contributed by atoms with Crippen molar-refractivity contribution in [2.45, 2.75) is 39.2 Å². The Morgan fingerprint density at radius 1 is 1.03 bits per heavy atom. The van der Waals surface area contributed by atoms with Gasteiger partial charge in [0.1, 0.15) is 11.6 Å². The first-order chi connectivity index (χ1) is 14.5. The molecular weight excluding hydrogens is 376 g/mol. The summed E-state index contributed by atoms with van der Waals surface area (Å²) in [6.07, 6.45) is 3.00. The summed E-state index contributed by atoms with van der Waals surface area (Å²) in [5, 5.41) is 8.79. The van der Waals surface area contributed by atoms with Crippen molar-refractivity contribution < 1.29 is 4.79 Å². The number of fused-ring (bicyclic) bond motifs is 1. The summed E-state index contributed by atoms with van der Waals surface area (Å²) in [7, 11) is 0. The van der Waals surface area contributed by atoms with Crippen molar-refractivity contribution >= 4 is 16.8 Å². The highest BCUT2D eigenvalue weighted by atomic mass is 16.2. The number of piperidine rings is 1. The molecular formula is C24H28N4O2. The van der Waals surface area contributed by atoms with E-state index in [9.17, 15) is 9.59 Å². The Hall–Kier alpha value is -3.02. The minimum atomic E-state index is -0.639. The van der Waals surface area contributed by atoms with Crippen molar-refractivity contribution in [3.8, 4) is 0 Å². The summed E-state index contributed by atoms with van der Waals surface area (Å²) in [4.78, 5) is 28.3. The molecule has 1 fully saturated rings. The molecule has 1 aliphatic heterocycles. The van der Waals surface area contributed by atoms with E-state index in [0.717, 1.165) is 32.4 Å². The molecule has 0 aliphatic carbocycles. The second-order valence-corrected chi connectivity index (χ2v) is 8.50. The summed E-state index contributed by atoms with van der Waals surface area (Å²) in [5.41, 5.74) is 1.64. The number of benzene rings is 2. The van der Waals surface area contributed by atoms with E-state index in [1.807, 2.05) is 30.9 Å². The molecule has 0 bridgehead atoms. The van der Waals surface area contributed by atoms with Gasteiger partial charge in [0.15, 0.2) is 0 Å². The lowest BCUT2D eigenvalue weighted by molar-refractivity contribution is -0.138. The quantitative estimate of drug-likeness (QED) is 0.653. The van der Waals surface area contributed by atoms with E-state index in [-0.39, 0.29) is 17.4 Å². The topological polar surface area (TPSA) is 68.1 Å². The van der Waals surface area contributed by atoms with Crippen LogP contribution in [0.4, 0.5) is 0 Å². The Kier molecular flexibility index (Phi) is 5.93. The van der Waals surface area contributed by atoms with E-state index in [0.29, 0.717) is 16.8 Å². The Balaban J connectivity index is 1.50. The first-order valence-corrected chi connectivity index (χ1v) is 10.7. The van der Waals surface area contributed by atoms with Crippen LogP contribution < -0.4 is 5.56 Å². The molecule has 3 aromatic rings. The van der Waals surface area contributed by atoms with Crippen molar-refractivity contribution in [1.29, 1.82) is 0 Å². The van der Waals surface area contributed by atoms with Crippen LogP contribution >= 0.6 is 0 Å². The van der Waals surface area contributed by atoms with Gasteiger partial charge in [-0.3, -0.25) is 9.59 Å². The number of hydrogen-bond acceptors (Lipinski definition) is 4. The monoisotopic (exact) mass is 404 g/mol. The second kappa shape index (κ2) is 8.78. The molecule has 2 aromatic carbocycles.